The summed E-state index contributed by atoms with van der Waals surface area (Å²) < 4.78 is 49.5. The number of aryl methyl sites for hydroxylation is 1. The number of anilines is 3. The van der Waals surface area contributed by atoms with Gasteiger partial charge in [0.05, 0.1) is 17.4 Å². The van der Waals surface area contributed by atoms with Gasteiger partial charge in [-0.1, -0.05) is 0 Å². The first-order valence-corrected chi connectivity index (χ1v) is 10.7. The summed E-state index contributed by atoms with van der Waals surface area (Å²) in [5, 5.41) is 2.83. The lowest BCUT2D eigenvalue weighted by Crippen LogP contribution is -2.44. The maximum atomic E-state index is 15.0. The molecule has 0 saturated carbocycles. The number of ether oxygens (including phenoxy) is 1. The van der Waals surface area contributed by atoms with Crippen molar-refractivity contribution >= 4 is 28.2 Å². The van der Waals surface area contributed by atoms with Crippen molar-refractivity contribution in [2.45, 2.75) is 6.92 Å². The third-order valence-corrected chi connectivity index (χ3v) is 5.70. The Bertz CT molecular complexity index is 1330. The van der Waals surface area contributed by atoms with E-state index >= 15 is 4.39 Å². The number of nitrogens with zero attached hydrogens (tertiary/aromatic N) is 5. The van der Waals surface area contributed by atoms with Gasteiger partial charge in [0.1, 0.15) is 12.1 Å². The Labute approximate surface area is 193 Å². The van der Waals surface area contributed by atoms with Gasteiger partial charge in [0.2, 0.25) is 5.82 Å². The normalized spacial score (nSPS) is 14.6. The van der Waals surface area contributed by atoms with Crippen LogP contribution in [-0.4, -0.2) is 58.1 Å². The van der Waals surface area contributed by atoms with E-state index in [0.29, 0.717) is 11.4 Å². The average molecular weight is 469 g/mol. The van der Waals surface area contributed by atoms with Crippen LogP contribution in [0.2, 0.25) is 0 Å². The van der Waals surface area contributed by atoms with Crippen LogP contribution in [-0.2, 0) is 0 Å². The molecule has 8 nitrogen and oxygen atoms in total. The molecule has 0 spiro atoms. The third-order valence-electron chi connectivity index (χ3n) is 5.70. The first-order chi connectivity index (χ1) is 16.4. The lowest BCUT2D eigenvalue weighted by molar-refractivity contribution is 0.312. The molecule has 2 N–H and O–H groups in total. The molecular formula is C23H22F3N7O. The van der Waals surface area contributed by atoms with Gasteiger partial charge in [-0.25, -0.2) is 18.7 Å². The standard InChI is InChI=1S/C23H22F3N7O/c1-13-9-15-19(25)17(10-16(24)21(15)30-13)34-23-20(26)22(28-12-29-23)31-14-3-4-18(27-11-14)33-7-5-32(2)6-8-33/h3-4,9-12,30H,5-8H2,1-2H3,(H,28,29,31). The maximum absolute atomic E-state index is 15.0. The number of aromatic amines is 1. The molecule has 1 aromatic carbocycles. The highest BCUT2D eigenvalue weighted by atomic mass is 19.1. The van der Waals surface area contributed by atoms with Gasteiger partial charge in [0.25, 0.3) is 5.88 Å². The van der Waals surface area contributed by atoms with Gasteiger partial charge in [-0.15, -0.1) is 0 Å². The highest BCUT2D eigenvalue weighted by Gasteiger charge is 2.20. The van der Waals surface area contributed by atoms with Crippen molar-refractivity contribution in [3.8, 4) is 11.6 Å². The Kier molecular flexibility index (Phi) is 5.70. The second kappa shape index (κ2) is 8.82. The lowest BCUT2D eigenvalue weighted by atomic mass is 10.2. The van der Waals surface area contributed by atoms with Gasteiger partial charge in [0.15, 0.2) is 23.2 Å². The van der Waals surface area contributed by atoms with E-state index in [-0.39, 0.29) is 16.7 Å². The van der Waals surface area contributed by atoms with Crippen molar-refractivity contribution in [3.05, 3.63) is 59.9 Å². The summed E-state index contributed by atoms with van der Waals surface area (Å²) in [6.45, 7) is 5.34. The molecule has 0 radical (unpaired) electrons. The van der Waals surface area contributed by atoms with E-state index < -0.39 is 29.1 Å². The second-order valence-corrected chi connectivity index (χ2v) is 8.18. The summed E-state index contributed by atoms with van der Waals surface area (Å²) in [5.41, 5.74) is 1.10. The monoisotopic (exact) mass is 469 g/mol. The van der Waals surface area contributed by atoms with E-state index in [1.165, 1.54) is 6.07 Å². The first-order valence-electron chi connectivity index (χ1n) is 10.7. The molecule has 1 fully saturated rings. The van der Waals surface area contributed by atoms with E-state index in [2.05, 4.69) is 42.1 Å². The number of H-pyrrole nitrogens is 1. The number of halogens is 3. The van der Waals surface area contributed by atoms with Crippen LogP contribution >= 0.6 is 0 Å². The number of rotatable bonds is 5. The molecule has 0 bridgehead atoms. The van der Waals surface area contributed by atoms with Gasteiger partial charge < -0.3 is 24.8 Å². The number of benzene rings is 1. The molecule has 3 aromatic heterocycles. The number of hydrogen-bond donors (Lipinski definition) is 2. The first kappa shape index (κ1) is 22.0. The number of pyridine rings is 1. The zero-order valence-corrected chi connectivity index (χ0v) is 18.6. The Morgan fingerprint density at radius 3 is 2.53 bits per heavy atom. The van der Waals surface area contributed by atoms with Crippen LogP contribution < -0.4 is 15.0 Å². The minimum Gasteiger partial charge on any atom is -0.433 e. The maximum Gasteiger partial charge on any atom is 0.261 e. The van der Waals surface area contributed by atoms with Crippen LogP contribution in [0.5, 0.6) is 11.6 Å². The third kappa shape index (κ3) is 4.21. The molecule has 4 heterocycles. The second-order valence-electron chi connectivity index (χ2n) is 8.18. The van der Waals surface area contributed by atoms with Crippen LogP contribution in [0.25, 0.3) is 10.9 Å². The molecule has 0 atom stereocenters. The minimum absolute atomic E-state index is 0.00632. The zero-order chi connectivity index (χ0) is 23.8. The predicted octanol–water partition coefficient (Wildman–Crippen LogP) is 4.37. The van der Waals surface area contributed by atoms with Crippen molar-refractivity contribution in [2.24, 2.45) is 0 Å². The molecule has 0 amide bonds. The highest BCUT2D eigenvalue weighted by molar-refractivity contribution is 5.83. The van der Waals surface area contributed by atoms with Crippen LogP contribution in [0.3, 0.4) is 0 Å². The van der Waals surface area contributed by atoms with E-state index in [1.54, 1.807) is 19.2 Å². The average Bonchev–Trinajstić information content (AvgIpc) is 3.23. The smallest absolute Gasteiger partial charge is 0.261 e. The van der Waals surface area contributed by atoms with Gasteiger partial charge in [-0.2, -0.15) is 9.37 Å². The summed E-state index contributed by atoms with van der Waals surface area (Å²) in [6, 6.07) is 5.91. The van der Waals surface area contributed by atoms with Crippen molar-refractivity contribution in [2.75, 3.05) is 43.4 Å². The minimum atomic E-state index is -0.948. The SMILES string of the molecule is Cc1cc2c(F)c(Oc3ncnc(Nc4ccc(N5CCN(C)CC5)nc4)c3F)cc(F)c2[nH]1. The van der Waals surface area contributed by atoms with Crippen LogP contribution in [0, 0.1) is 24.4 Å². The van der Waals surface area contributed by atoms with Gasteiger partial charge in [-0.3, -0.25) is 0 Å². The fourth-order valence-electron chi connectivity index (χ4n) is 3.84. The van der Waals surface area contributed by atoms with Crippen LogP contribution in [0.15, 0.2) is 36.8 Å². The summed E-state index contributed by atoms with van der Waals surface area (Å²) in [6.07, 6.45) is 2.65. The Morgan fingerprint density at radius 2 is 1.79 bits per heavy atom. The van der Waals surface area contributed by atoms with E-state index in [9.17, 15) is 8.78 Å². The summed E-state index contributed by atoms with van der Waals surface area (Å²) in [7, 11) is 2.08. The molecule has 4 aromatic rings. The molecule has 11 heteroatoms. The zero-order valence-electron chi connectivity index (χ0n) is 18.6. The molecule has 34 heavy (non-hydrogen) atoms. The number of aromatic nitrogens is 4. The van der Waals surface area contributed by atoms with Gasteiger partial charge in [-0.05, 0) is 32.2 Å². The number of piperazine rings is 1. The molecule has 0 aliphatic carbocycles. The van der Waals surface area contributed by atoms with Gasteiger partial charge in [0, 0.05) is 43.3 Å². The number of nitrogens with one attached hydrogen (secondary N) is 2. The van der Waals surface area contributed by atoms with Crippen molar-refractivity contribution in [1.29, 1.82) is 0 Å². The number of hydrogen-bond acceptors (Lipinski definition) is 7. The lowest BCUT2D eigenvalue weighted by Gasteiger charge is -2.33. The molecule has 5 rings (SSSR count). The Morgan fingerprint density at radius 1 is 1.00 bits per heavy atom. The predicted molar refractivity (Wildman–Crippen MR) is 122 cm³/mol. The van der Waals surface area contributed by atoms with E-state index in [0.717, 1.165) is 44.4 Å². The van der Waals surface area contributed by atoms with E-state index in [1.807, 2.05) is 6.07 Å². The quantitative estimate of drug-likeness (QED) is 0.449. The topological polar surface area (TPSA) is 82.2 Å². The van der Waals surface area contributed by atoms with Crippen molar-refractivity contribution in [1.82, 2.24) is 24.8 Å². The fraction of sp³-hybridized carbons (Fsp3) is 0.261. The summed E-state index contributed by atoms with van der Waals surface area (Å²) in [5.74, 6) is -2.86. The van der Waals surface area contributed by atoms with Crippen LogP contribution in [0.4, 0.5) is 30.5 Å². The molecule has 0 unspecified atom stereocenters. The van der Waals surface area contributed by atoms with Gasteiger partial charge >= 0.3 is 0 Å². The molecule has 1 aliphatic rings. The Balaban J connectivity index is 1.35. The molecular weight excluding hydrogens is 447 g/mol. The largest absolute Gasteiger partial charge is 0.433 e. The molecule has 1 saturated heterocycles. The van der Waals surface area contributed by atoms with Crippen molar-refractivity contribution in [3.63, 3.8) is 0 Å². The highest BCUT2D eigenvalue weighted by Crippen LogP contribution is 2.34. The van der Waals surface area contributed by atoms with Crippen molar-refractivity contribution < 1.29 is 17.9 Å². The number of likely N-dealkylation sites (N-methyl/N-ethyl adjacent to an activating group) is 1. The Hall–Kier alpha value is -3.86. The summed E-state index contributed by atoms with van der Waals surface area (Å²) >= 11 is 0. The molecule has 1 aliphatic heterocycles. The summed E-state index contributed by atoms with van der Waals surface area (Å²) in [4.78, 5) is 19.3. The number of fused-ring (bicyclic) bond motifs is 1. The van der Waals surface area contributed by atoms with E-state index in [4.69, 9.17) is 4.74 Å². The molecule has 176 valence electrons. The van der Waals surface area contributed by atoms with Crippen LogP contribution in [0.1, 0.15) is 5.69 Å². The fourth-order valence-corrected chi connectivity index (χ4v) is 3.84.